The lowest BCUT2D eigenvalue weighted by atomic mass is 9.86. The fourth-order valence-corrected chi connectivity index (χ4v) is 4.06. The molecule has 2 rings (SSSR count). The van der Waals surface area contributed by atoms with Gasteiger partial charge in [-0.2, -0.15) is 0 Å². The van der Waals surface area contributed by atoms with E-state index in [1.807, 2.05) is 18.9 Å². The maximum atomic E-state index is 12.6. The zero-order chi connectivity index (χ0) is 17.7. The van der Waals surface area contributed by atoms with E-state index in [4.69, 9.17) is 5.11 Å². The molecule has 146 valence electrons. The van der Waals surface area contributed by atoms with Crippen molar-refractivity contribution in [1.82, 2.24) is 15.1 Å². The molecule has 1 amide bonds. The lowest BCUT2D eigenvalue weighted by Gasteiger charge is -2.39. The summed E-state index contributed by atoms with van der Waals surface area (Å²) in [5.41, 5.74) is 0. The van der Waals surface area contributed by atoms with Gasteiger partial charge in [0.2, 0.25) is 5.91 Å². The number of piperidine rings is 1. The van der Waals surface area contributed by atoms with Gasteiger partial charge in [0.1, 0.15) is 0 Å². The maximum absolute atomic E-state index is 12.6. The van der Waals surface area contributed by atoms with E-state index in [9.17, 15) is 9.59 Å². The van der Waals surface area contributed by atoms with Crippen molar-refractivity contribution in [3.63, 3.8) is 0 Å². The Morgan fingerprint density at radius 1 is 1.20 bits per heavy atom. The van der Waals surface area contributed by atoms with Crippen molar-refractivity contribution in [3.8, 4) is 0 Å². The zero-order valence-corrected chi connectivity index (χ0v) is 16.6. The molecule has 0 aromatic rings. The Labute approximate surface area is 157 Å². The summed E-state index contributed by atoms with van der Waals surface area (Å²) in [6.07, 6.45) is 6.64. The smallest absolute Gasteiger partial charge is 0.317 e. The minimum atomic E-state index is -0.783. The molecule has 3 atom stereocenters. The number of rotatable bonds is 6. The van der Waals surface area contributed by atoms with Crippen LogP contribution in [-0.4, -0.2) is 71.6 Å². The van der Waals surface area contributed by atoms with Crippen LogP contribution in [0.2, 0.25) is 0 Å². The molecular weight excluding hydrogens is 342 g/mol. The van der Waals surface area contributed by atoms with Gasteiger partial charge >= 0.3 is 5.97 Å². The molecule has 0 radical (unpaired) electrons. The Morgan fingerprint density at radius 2 is 1.80 bits per heavy atom. The highest BCUT2D eigenvalue weighted by Crippen LogP contribution is 2.24. The minimum absolute atomic E-state index is 0. The van der Waals surface area contributed by atoms with Gasteiger partial charge in [0.15, 0.2) is 0 Å². The molecule has 0 aromatic heterocycles. The first-order valence-electron chi connectivity index (χ1n) is 9.35. The van der Waals surface area contributed by atoms with E-state index < -0.39 is 5.97 Å². The molecule has 2 N–H and O–H groups in total. The second kappa shape index (κ2) is 10.3. The first kappa shape index (κ1) is 22.2. The second-order valence-electron chi connectivity index (χ2n) is 7.63. The lowest BCUT2D eigenvalue weighted by molar-refractivity contribution is -0.138. The average Bonchev–Trinajstić information content (AvgIpc) is 2.55. The summed E-state index contributed by atoms with van der Waals surface area (Å²) >= 11 is 0. The standard InChI is InChI=1S/C18H33N3O3.ClH/c1-13-6-4-5-7-16(13)19-18(24)14(2)21-10-8-15(9-11-21)20(3)12-17(22)23;/h13-16H,4-12H2,1-3H3,(H,19,24)(H,22,23);1H. The molecule has 25 heavy (non-hydrogen) atoms. The fraction of sp³-hybridized carbons (Fsp3) is 0.889. The van der Waals surface area contributed by atoms with Crippen LogP contribution >= 0.6 is 12.4 Å². The van der Waals surface area contributed by atoms with Crippen LogP contribution in [0.4, 0.5) is 0 Å². The van der Waals surface area contributed by atoms with E-state index in [1.165, 1.54) is 19.3 Å². The first-order chi connectivity index (χ1) is 11.4. The SMILES string of the molecule is CC1CCCCC1NC(=O)C(C)N1CCC(N(C)CC(=O)O)CC1.Cl. The van der Waals surface area contributed by atoms with Crippen molar-refractivity contribution in [2.24, 2.45) is 5.92 Å². The number of aliphatic carboxylic acids is 1. The third-order valence-corrected chi connectivity index (χ3v) is 5.87. The van der Waals surface area contributed by atoms with Crippen LogP contribution in [0, 0.1) is 5.92 Å². The van der Waals surface area contributed by atoms with Crippen LogP contribution in [0.1, 0.15) is 52.4 Å². The summed E-state index contributed by atoms with van der Waals surface area (Å²) in [6.45, 7) is 6.01. The van der Waals surface area contributed by atoms with Gasteiger partial charge in [-0.1, -0.05) is 19.8 Å². The third kappa shape index (κ3) is 6.42. The molecule has 1 aliphatic carbocycles. The predicted octanol–water partition coefficient (Wildman–Crippen LogP) is 1.97. The van der Waals surface area contributed by atoms with E-state index in [-0.39, 0.29) is 30.9 Å². The van der Waals surface area contributed by atoms with Crippen LogP contribution in [0.15, 0.2) is 0 Å². The predicted molar refractivity (Wildman–Crippen MR) is 101 cm³/mol. The second-order valence-corrected chi connectivity index (χ2v) is 7.63. The number of hydrogen-bond donors (Lipinski definition) is 2. The number of nitrogens with one attached hydrogen (secondary N) is 1. The quantitative estimate of drug-likeness (QED) is 0.742. The van der Waals surface area contributed by atoms with E-state index in [0.717, 1.165) is 32.4 Å². The summed E-state index contributed by atoms with van der Waals surface area (Å²) in [7, 11) is 1.87. The number of likely N-dealkylation sites (N-methyl/N-ethyl adjacent to an activating group) is 1. The highest BCUT2D eigenvalue weighted by Gasteiger charge is 2.30. The summed E-state index contributed by atoms with van der Waals surface area (Å²) < 4.78 is 0. The Morgan fingerprint density at radius 3 is 2.36 bits per heavy atom. The number of carboxylic acids is 1. The van der Waals surface area contributed by atoms with E-state index in [1.54, 1.807) is 0 Å². The van der Waals surface area contributed by atoms with Crippen LogP contribution in [0.3, 0.4) is 0 Å². The van der Waals surface area contributed by atoms with Gasteiger partial charge in [0.05, 0.1) is 12.6 Å². The van der Waals surface area contributed by atoms with Gasteiger partial charge < -0.3 is 10.4 Å². The lowest BCUT2D eigenvalue weighted by Crippen LogP contribution is -2.54. The van der Waals surface area contributed by atoms with Crippen LogP contribution in [0.5, 0.6) is 0 Å². The minimum Gasteiger partial charge on any atom is -0.480 e. The molecule has 1 aliphatic heterocycles. The summed E-state index contributed by atoms with van der Waals surface area (Å²) in [5.74, 6) is -0.0642. The molecule has 1 heterocycles. The van der Waals surface area contributed by atoms with Crippen molar-refractivity contribution < 1.29 is 14.7 Å². The highest BCUT2D eigenvalue weighted by atomic mass is 35.5. The first-order valence-corrected chi connectivity index (χ1v) is 9.35. The van der Waals surface area contributed by atoms with Crippen molar-refractivity contribution in [2.45, 2.75) is 70.5 Å². The molecule has 1 saturated heterocycles. The molecule has 7 heteroatoms. The molecule has 1 saturated carbocycles. The van der Waals surface area contributed by atoms with Gasteiger partial charge in [0, 0.05) is 25.2 Å². The fourth-order valence-electron chi connectivity index (χ4n) is 4.06. The Hall–Kier alpha value is -0.850. The Kier molecular flexibility index (Phi) is 9.17. The summed E-state index contributed by atoms with van der Waals surface area (Å²) in [5, 5.41) is 12.2. The van der Waals surface area contributed by atoms with Gasteiger partial charge in [-0.3, -0.25) is 19.4 Å². The van der Waals surface area contributed by atoms with Gasteiger partial charge in [0.25, 0.3) is 0 Å². The number of halogens is 1. The zero-order valence-electron chi connectivity index (χ0n) is 15.7. The normalized spacial score (nSPS) is 26.7. The topological polar surface area (TPSA) is 72.9 Å². The Bertz CT molecular complexity index is 441. The molecule has 2 aliphatic rings. The van der Waals surface area contributed by atoms with Crippen molar-refractivity contribution >= 4 is 24.3 Å². The molecule has 0 spiro atoms. The van der Waals surface area contributed by atoms with Gasteiger partial charge in [-0.25, -0.2) is 0 Å². The van der Waals surface area contributed by atoms with Crippen LogP contribution in [0.25, 0.3) is 0 Å². The van der Waals surface area contributed by atoms with Crippen molar-refractivity contribution in [3.05, 3.63) is 0 Å². The monoisotopic (exact) mass is 375 g/mol. The largest absolute Gasteiger partial charge is 0.480 e. The molecule has 6 nitrogen and oxygen atoms in total. The molecule has 0 bridgehead atoms. The van der Waals surface area contributed by atoms with Crippen molar-refractivity contribution in [2.75, 3.05) is 26.7 Å². The number of likely N-dealkylation sites (tertiary alicyclic amines) is 1. The average molecular weight is 376 g/mol. The van der Waals surface area contributed by atoms with E-state index in [0.29, 0.717) is 18.0 Å². The highest BCUT2D eigenvalue weighted by molar-refractivity contribution is 5.85. The number of nitrogens with zero attached hydrogens (tertiary/aromatic N) is 2. The summed E-state index contributed by atoms with van der Waals surface area (Å²) in [6, 6.07) is 0.517. The maximum Gasteiger partial charge on any atom is 0.317 e. The van der Waals surface area contributed by atoms with Gasteiger partial charge in [-0.05, 0) is 45.6 Å². The van der Waals surface area contributed by atoms with Crippen molar-refractivity contribution in [1.29, 1.82) is 0 Å². The number of amides is 1. The van der Waals surface area contributed by atoms with E-state index >= 15 is 0 Å². The molecule has 0 aromatic carbocycles. The number of carbonyl (C=O) groups excluding carboxylic acids is 1. The number of carboxylic acid groups (broad SMARTS) is 1. The van der Waals surface area contributed by atoms with Crippen LogP contribution < -0.4 is 5.32 Å². The van der Waals surface area contributed by atoms with E-state index in [2.05, 4.69) is 17.1 Å². The molecular formula is C18H34ClN3O3. The number of carbonyl (C=O) groups is 2. The Balaban J connectivity index is 0.00000312. The van der Waals surface area contributed by atoms with Gasteiger partial charge in [-0.15, -0.1) is 12.4 Å². The molecule has 3 unspecified atom stereocenters. The number of hydrogen-bond acceptors (Lipinski definition) is 4. The third-order valence-electron chi connectivity index (χ3n) is 5.87. The van der Waals surface area contributed by atoms with Crippen LogP contribution in [-0.2, 0) is 9.59 Å². The molecule has 2 fully saturated rings. The summed E-state index contributed by atoms with van der Waals surface area (Å²) in [4.78, 5) is 27.5.